The first-order valence-corrected chi connectivity index (χ1v) is 19.8. The first-order valence-electron chi connectivity index (χ1n) is 17.9. The Labute approximate surface area is 300 Å². The van der Waals surface area contributed by atoms with Crippen molar-refractivity contribution in [3.8, 4) is 0 Å². The molecule has 0 aromatic heterocycles. The molecule has 11 nitrogen and oxygen atoms in total. The highest BCUT2D eigenvalue weighted by Crippen LogP contribution is 2.51. The number of carbonyl (C=O) groups excluding carboxylic acids is 4. The molecule has 0 unspecified atom stereocenters. The highest BCUT2D eigenvalue weighted by atomic mass is 35.5. The van der Waals surface area contributed by atoms with Gasteiger partial charge in [0.15, 0.2) is 11.4 Å². The molecule has 0 bridgehead atoms. The van der Waals surface area contributed by atoms with Gasteiger partial charge in [-0.3, -0.25) is 23.9 Å². The number of rotatable bonds is 12. The van der Waals surface area contributed by atoms with Crippen LogP contribution in [0.2, 0.25) is 5.02 Å². The zero-order valence-corrected chi connectivity index (χ0v) is 30.7. The van der Waals surface area contributed by atoms with Crippen molar-refractivity contribution in [3.63, 3.8) is 0 Å². The van der Waals surface area contributed by atoms with E-state index in [9.17, 15) is 27.6 Å². The van der Waals surface area contributed by atoms with E-state index in [-0.39, 0.29) is 42.9 Å². The van der Waals surface area contributed by atoms with Crippen molar-refractivity contribution in [2.24, 2.45) is 34.2 Å². The molecule has 50 heavy (non-hydrogen) atoms. The molecule has 0 radical (unpaired) electrons. The van der Waals surface area contributed by atoms with E-state index in [0.717, 1.165) is 31.2 Å². The van der Waals surface area contributed by atoms with Crippen molar-refractivity contribution in [2.75, 3.05) is 6.54 Å². The van der Waals surface area contributed by atoms with Crippen LogP contribution in [0.4, 0.5) is 0 Å². The van der Waals surface area contributed by atoms with E-state index in [2.05, 4.69) is 21.8 Å². The van der Waals surface area contributed by atoms with E-state index >= 15 is 0 Å². The predicted molar refractivity (Wildman–Crippen MR) is 189 cm³/mol. The van der Waals surface area contributed by atoms with Gasteiger partial charge in [0.05, 0.1) is 23.5 Å². The Kier molecular flexibility index (Phi) is 10.3. The Morgan fingerprint density at radius 1 is 1.12 bits per heavy atom. The molecule has 1 aromatic carbocycles. The van der Waals surface area contributed by atoms with E-state index in [1.165, 1.54) is 11.3 Å². The summed E-state index contributed by atoms with van der Waals surface area (Å²) < 4.78 is 27.2. The van der Waals surface area contributed by atoms with Crippen LogP contribution in [-0.4, -0.2) is 72.0 Å². The number of sulfonamides is 1. The standard InChI is InChI=1S/C37H49ClN4O7S/c1-5-26-27(32(26)34(45)41-50(47,48)25-14-15-25)18-30(43)29-20-37(19-28(40-49-37)23-12-9-13-24(38)17-23)21-42(29)35(46)33(36(2,3)4)39-31(44)16-22-10-7-6-8-11-22/h5,9,12-13,17,22,25-27,29,32-33H,1,6-8,10-11,14-16,18-21H2,2-4H3,(H,39,44)(H,41,45)/t26-,27-,29-,32-,33+,37+/m0/s1. The van der Waals surface area contributed by atoms with Crippen LogP contribution in [0.15, 0.2) is 42.1 Å². The average Bonchev–Trinajstić information content (AvgIpc) is 3.96. The van der Waals surface area contributed by atoms with Crippen LogP contribution in [0.25, 0.3) is 0 Å². The molecule has 4 fully saturated rings. The van der Waals surface area contributed by atoms with Crippen LogP contribution >= 0.6 is 11.6 Å². The number of carbonyl (C=O) groups is 4. The summed E-state index contributed by atoms with van der Waals surface area (Å²) in [6.45, 7) is 9.59. The SMILES string of the molecule is C=C[C@H]1[C@H](CC(=O)[C@@H]2C[C@]3(CC(c4cccc(Cl)c4)=NO3)CN2C(=O)[C@@H](NC(=O)CC2CCCCC2)C(C)(C)C)[C@H]1C(=O)NS(=O)(=O)C1CC1. The van der Waals surface area contributed by atoms with Crippen molar-refractivity contribution in [3.05, 3.63) is 47.5 Å². The molecule has 6 rings (SSSR count). The molecule has 272 valence electrons. The van der Waals surface area contributed by atoms with Crippen molar-refractivity contribution >= 4 is 50.8 Å². The quantitative estimate of drug-likeness (QED) is 0.290. The third-order valence-corrected chi connectivity index (χ3v) is 13.2. The second-order valence-corrected chi connectivity index (χ2v) is 18.5. The molecule has 1 saturated heterocycles. The van der Waals surface area contributed by atoms with Crippen molar-refractivity contribution in [2.45, 2.75) is 114 Å². The minimum Gasteiger partial charge on any atom is -0.387 e. The lowest BCUT2D eigenvalue weighted by Gasteiger charge is -2.36. The van der Waals surface area contributed by atoms with E-state index in [4.69, 9.17) is 16.4 Å². The number of nitrogens with zero attached hydrogens (tertiary/aromatic N) is 2. The zero-order valence-electron chi connectivity index (χ0n) is 29.2. The lowest BCUT2D eigenvalue weighted by molar-refractivity contribution is -0.144. The third-order valence-electron chi connectivity index (χ3n) is 11.1. The molecule has 1 spiro atoms. The Morgan fingerprint density at radius 3 is 2.48 bits per heavy atom. The lowest BCUT2D eigenvalue weighted by Crippen LogP contribution is -2.57. The van der Waals surface area contributed by atoms with Gasteiger partial charge in [-0.15, -0.1) is 6.58 Å². The fourth-order valence-corrected chi connectivity index (χ4v) is 9.62. The summed E-state index contributed by atoms with van der Waals surface area (Å²) in [7, 11) is -3.74. The second kappa shape index (κ2) is 14.1. The van der Waals surface area contributed by atoms with Crippen molar-refractivity contribution in [1.29, 1.82) is 0 Å². The summed E-state index contributed by atoms with van der Waals surface area (Å²) in [5, 5.41) is 7.41. The molecule has 3 aliphatic carbocycles. The second-order valence-electron chi connectivity index (χ2n) is 16.1. The Morgan fingerprint density at radius 2 is 1.84 bits per heavy atom. The monoisotopic (exact) mass is 728 g/mol. The number of Topliss-reactive ketones (excluding diaryl/α,β-unsaturated/α-hetero) is 1. The van der Waals surface area contributed by atoms with Gasteiger partial charge in [-0.25, -0.2) is 8.42 Å². The van der Waals surface area contributed by atoms with Crippen molar-refractivity contribution in [1.82, 2.24) is 14.9 Å². The number of allylic oxidation sites excluding steroid dienone is 1. The number of hydrogen-bond acceptors (Lipinski definition) is 8. The van der Waals surface area contributed by atoms with Gasteiger partial charge < -0.3 is 15.1 Å². The number of hydrogen-bond donors (Lipinski definition) is 2. The number of ketones is 1. The molecule has 13 heteroatoms. The maximum Gasteiger partial charge on any atom is 0.246 e. The van der Waals surface area contributed by atoms with E-state index < -0.39 is 56.1 Å². The van der Waals surface area contributed by atoms with Gasteiger partial charge in [0, 0.05) is 42.2 Å². The Bertz CT molecular complexity index is 1680. The topological polar surface area (TPSA) is 151 Å². The van der Waals surface area contributed by atoms with Crippen LogP contribution in [0, 0.1) is 29.1 Å². The normalized spacial score (nSPS) is 28.8. The van der Waals surface area contributed by atoms with Crippen LogP contribution in [0.3, 0.4) is 0 Å². The average molecular weight is 729 g/mol. The van der Waals surface area contributed by atoms with Crippen molar-refractivity contribution < 1.29 is 32.4 Å². The highest BCUT2D eigenvalue weighted by Gasteiger charge is 2.59. The van der Waals surface area contributed by atoms with Gasteiger partial charge in [0.1, 0.15) is 6.04 Å². The molecule has 3 saturated carbocycles. The summed E-state index contributed by atoms with van der Waals surface area (Å²) in [5.41, 5.74) is -0.198. The molecule has 2 aliphatic heterocycles. The number of oxime groups is 1. The number of likely N-dealkylation sites (tertiary alicyclic amines) is 1. The van der Waals surface area contributed by atoms with Crippen LogP contribution in [0.5, 0.6) is 0 Å². The summed E-state index contributed by atoms with van der Waals surface area (Å²) in [4.78, 5) is 62.9. The van der Waals surface area contributed by atoms with Gasteiger partial charge in [-0.1, -0.05) is 75.0 Å². The summed E-state index contributed by atoms with van der Waals surface area (Å²) in [6.07, 6.45) is 8.85. The first-order chi connectivity index (χ1) is 23.6. The molecule has 1 aromatic rings. The van der Waals surface area contributed by atoms with Crippen LogP contribution in [-0.2, 0) is 34.0 Å². The van der Waals surface area contributed by atoms with Crippen LogP contribution in [0.1, 0.15) is 97.0 Å². The minimum absolute atomic E-state index is 0.0427. The minimum atomic E-state index is -3.74. The Balaban J connectivity index is 1.22. The molecule has 2 N–H and O–H groups in total. The van der Waals surface area contributed by atoms with E-state index in [1.54, 1.807) is 18.2 Å². The maximum atomic E-state index is 14.6. The predicted octanol–water partition coefficient (Wildman–Crippen LogP) is 4.92. The Hall–Kier alpha value is -3.25. The molecule has 2 heterocycles. The number of nitrogens with one attached hydrogen (secondary N) is 2. The van der Waals surface area contributed by atoms with E-state index in [1.807, 2.05) is 32.9 Å². The summed E-state index contributed by atoms with van der Waals surface area (Å²) >= 11 is 6.25. The smallest absolute Gasteiger partial charge is 0.246 e. The lowest BCUT2D eigenvalue weighted by atomic mass is 9.84. The first kappa shape index (κ1) is 36.5. The zero-order chi connectivity index (χ0) is 36.0. The number of amides is 3. The van der Waals surface area contributed by atoms with E-state index in [0.29, 0.717) is 42.3 Å². The number of halogens is 1. The largest absolute Gasteiger partial charge is 0.387 e. The maximum absolute atomic E-state index is 14.6. The van der Waals surface area contributed by atoms with Gasteiger partial charge in [-0.05, 0) is 61.0 Å². The van der Waals surface area contributed by atoms with Gasteiger partial charge >= 0.3 is 0 Å². The molecule has 5 aliphatic rings. The fraction of sp³-hybridized carbons (Fsp3) is 0.649. The summed E-state index contributed by atoms with van der Waals surface area (Å²) in [5.74, 6) is -2.65. The van der Waals surface area contributed by atoms with Gasteiger partial charge in [-0.2, -0.15) is 0 Å². The molecule has 6 atom stereocenters. The number of benzene rings is 1. The molecule has 3 amide bonds. The summed E-state index contributed by atoms with van der Waals surface area (Å²) in [6, 6.07) is 5.45. The van der Waals surface area contributed by atoms with Gasteiger partial charge in [0.2, 0.25) is 27.7 Å². The van der Waals surface area contributed by atoms with Crippen LogP contribution < -0.4 is 10.0 Å². The fourth-order valence-electron chi connectivity index (χ4n) is 8.09. The third kappa shape index (κ3) is 7.96. The molecular weight excluding hydrogens is 680 g/mol. The molecular formula is C37H49ClN4O7S. The highest BCUT2D eigenvalue weighted by molar-refractivity contribution is 7.90. The van der Waals surface area contributed by atoms with Gasteiger partial charge in [0.25, 0.3) is 0 Å².